The maximum Gasteiger partial charge on any atom is 0.123 e. The Morgan fingerprint density at radius 2 is 1.65 bits per heavy atom. The molecule has 1 N–H and O–H groups in total. The third kappa shape index (κ3) is 2.34. The first-order chi connectivity index (χ1) is 8.00. The van der Waals surface area contributed by atoms with Crippen molar-refractivity contribution in [1.82, 2.24) is 4.98 Å². The van der Waals surface area contributed by atoms with Crippen LogP contribution >= 0.6 is 0 Å². The van der Waals surface area contributed by atoms with E-state index >= 15 is 0 Å². The van der Waals surface area contributed by atoms with Gasteiger partial charge in [0.15, 0.2) is 0 Å². The van der Waals surface area contributed by atoms with E-state index in [1.54, 1.807) is 25.3 Å². The number of aliphatic hydroxyl groups is 1. The van der Waals surface area contributed by atoms with Crippen LogP contribution in [-0.4, -0.2) is 10.1 Å². The molecule has 0 fully saturated rings. The number of pyridine rings is 1. The molecule has 0 spiro atoms. The predicted molar refractivity (Wildman–Crippen MR) is 64.0 cm³/mol. The Morgan fingerprint density at radius 1 is 1.06 bits per heavy atom. The minimum atomic E-state index is -1.16. The molecule has 17 heavy (non-hydrogen) atoms. The van der Waals surface area contributed by atoms with Crippen LogP contribution in [0.3, 0.4) is 0 Å². The zero-order valence-electron chi connectivity index (χ0n) is 9.81. The van der Waals surface area contributed by atoms with E-state index in [0.717, 1.165) is 5.69 Å². The summed E-state index contributed by atoms with van der Waals surface area (Å²) >= 11 is 0. The Hall–Kier alpha value is -1.74. The van der Waals surface area contributed by atoms with E-state index in [9.17, 15) is 9.50 Å². The molecule has 2 rings (SSSR count). The van der Waals surface area contributed by atoms with Crippen LogP contribution in [-0.2, 0) is 5.60 Å². The number of rotatable bonds is 2. The highest BCUT2D eigenvalue weighted by molar-refractivity contribution is 5.34. The van der Waals surface area contributed by atoms with Crippen LogP contribution in [0, 0.1) is 12.7 Å². The molecular weight excluding hydrogens is 217 g/mol. The number of hydrogen-bond donors (Lipinski definition) is 1. The van der Waals surface area contributed by atoms with E-state index in [4.69, 9.17) is 0 Å². The van der Waals surface area contributed by atoms with E-state index in [1.165, 1.54) is 12.1 Å². The van der Waals surface area contributed by atoms with Gasteiger partial charge in [-0.2, -0.15) is 0 Å². The highest BCUT2D eigenvalue weighted by Crippen LogP contribution is 2.28. The van der Waals surface area contributed by atoms with E-state index in [2.05, 4.69) is 4.98 Å². The SMILES string of the molecule is Cc1ccc(C(C)(O)c2ccc(F)cc2)cn1. The summed E-state index contributed by atoms with van der Waals surface area (Å²) in [5.41, 5.74) is 1.07. The van der Waals surface area contributed by atoms with Gasteiger partial charge in [0.05, 0.1) is 0 Å². The standard InChI is InChI=1S/C14H14FNO/c1-10-3-4-12(9-16-10)14(2,17)11-5-7-13(15)8-6-11/h3-9,17H,1-2H3. The molecule has 1 atom stereocenters. The first-order valence-corrected chi connectivity index (χ1v) is 5.42. The Morgan fingerprint density at radius 3 is 2.18 bits per heavy atom. The highest BCUT2D eigenvalue weighted by atomic mass is 19.1. The largest absolute Gasteiger partial charge is 0.381 e. The van der Waals surface area contributed by atoms with Crippen molar-refractivity contribution in [1.29, 1.82) is 0 Å². The van der Waals surface area contributed by atoms with Gasteiger partial charge >= 0.3 is 0 Å². The predicted octanol–water partition coefficient (Wildman–Crippen LogP) is 2.78. The van der Waals surface area contributed by atoms with Crippen LogP contribution in [0.25, 0.3) is 0 Å². The summed E-state index contributed by atoms with van der Waals surface area (Å²) in [6.07, 6.45) is 1.64. The molecule has 1 heterocycles. The molecular formula is C14H14FNO. The van der Waals surface area contributed by atoms with E-state index in [-0.39, 0.29) is 5.82 Å². The van der Waals surface area contributed by atoms with Gasteiger partial charge in [0, 0.05) is 17.5 Å². The van der Waals surface area contributed by atoms with Crippen LogP contribution in [0.2, 0.25) is 0 Å². The molecule has 0 aliphatic heterocycles. The van der Waals surface area contributed by atoms with Crippen LogP contribution in [0.15, 0.2) is 42.6 Å². The lowest BCUT2D eigenvalue weighted by Crippen LogP contribution is -2.23. The molecule has 0 aliphatic carbocycles. The molecule has 0 radical (unpaired) electrons. The Balaban J connectivity index is 2.41. The summed E-state index contributed by atoms with van der Waals surface area (Å²) in [5, 5.41) is 10.5. The smallest absolute Gasteiger partial charge is 0.123 e. The summed E-state index contributed by atoms with van der Waals surface area (Å²) in [6.45, 7) is 3.56. The van der Waals surface area contributed by atoms with Gasteiger partial charge in [-0.1, -0.05) is 18.2 Å². The lowest BCUT2D eigenvalue weighted by molar-refractivity contribution is 0.102. The zero-order chi connectivity index (χ0) is 12.5. The average Bonchev–Trinajstić information content (AvgIpc) is 2.30. The second-order valence-corrected chi connectivity index (χ2v) is 4.27. The normalized spacial score (nSPS) is 14.4. The van der Waals surface area contributed by atoms with Gasteiger partial charge in [0.2, 0.25) is 0 Å². The van der Waals surface area contributed by atoms with Gasteiger partial charge in [-0.05, 0) is 37.6 Å². The van der Waals surface area contributed by atoms with Gasteiger partial charge in [0.1, 0.15) is 11.4 Å². The lowest BCUT2D eigenvalue weighted by Gasteiger charge is -2.24. The zero-order valence-corrected chi connectivity index (χ0v) is 9.81. The van der Waals surface area contributed by atoms with E-state index in [1.807, 2.05) is 19.1 Å². The highest BCUT2D eigenvalue weighted by Gasteiger charge is 2.25. The molecule has 1 aromatic carbocycles. The molecule has 0 aliphatic rings. The average molecular weight is 231 g/mol. The fourth-order valence-electron chi connectivity index (χ4n) is 1.70. The monoisotopic (exact) mass is 231 g/mol. The summed E-state index contributed by atoms with van der Waals surface area (Å²) in [7, 11) is 0. The molecule has 0 bridgehead atoms. The topological polar surface area (TPSA) is 33.1 Å². The Bertz CT molecular complexity index is 455. The third-order valence-corrected chi connectivity index (χ3v) is 2.88. The summed E-state index contributed by atoms with van der Waals surface area (Å²) in [4.78, 5) is 4.15. The van der Waals surface area contributed by atoms with Crippen molar-refractivity contribution in [3.63, 3.8) is 0 Å². The molecule has 1 aromatic heterocycles. The van der Waals surface area contributed by atoms with Crippen molar-refractivity contribution in [2.24, 2.45) is 0 Å². The number of benzene rings is 1. The van der Waals surface area contributed by atoms with Crippen LogP contribution < -0.4 is 0 Å². The fourth-order valence-corrected chi connectivity index (χ4v) is 1.70. The van der Waals surface area contributed by atoms with Crippen molar-refractivity contribution in [3.8, 4) is 0 Å². The number of aromatic nitrogens is 1. The number of hydrogen-bond acceptors (Lipinski definition) is 2. The van der Waals surface area contributed by atoms with E-state index < -0.39 is 5.60 Å². The minimum Gasteiger partial charge on any atom is -0.381 e. The maximum atomic E-state index is 12.8. The van der Waals surface area contributed by atoms with Gasteiger partial charge in [-0.3, -0.25) is 4.98 Å². The molecule has 0 saturated carbocycles. The molecule has 2 aromatic rings. The second kappa shape index (κ2) is 4.26. The fraction of sp³-hybridized carbons (Fsp3) is 0.214. The molecule has 2 nitrogen and oxygen atoms in total. The molecule has 1 unspecified atom stereocenters. The van der Waals surface area contributed by atoms with Crippen molar-refractivity contribution in [2.75, 3.05) is 0 Å². The quantitative estimate of drug-likeness (QED) is 0.862. The van der Waals surface area contributed by atoms with Crippen molar-refractivity contribution in [3.05, 3.63) is 65.2 Å². The minimum absolute atomic E-state index is 0.313. The number of halogens is 1. The molecule has 0 saturated heterocycles. The Kier molecular flexibility index (Phi) is 2.94. The maximum absolute atomic E-state index is 12.8. The molecule has 0 amide bonds. The van der Waals surface area contributed by atoms with Gasteiger partial charge < -0.3 is 5.11 Å². The molecule has 3 heteroatoms. The summed E-state index contributed by atoms with van der Waals surface area (Å²) in [6, 6.07) is 9.50. The van der Waals surface area contributed by atoms with Crippen LogP contribution in [0.4, 0.5) is 4.39 Å². The first-order valence-electron chi connectivity index (χ1n) is 5.42. The van der Waals surface area contributed by atoms with E-state index in [0.29, 0.717) is 11.1 Å². The second-order valence-electron chi connectivity index (χ2n) is 4.27. The van der Waals surface area contributed by atoms with Gasteiger partial charge in [-0.25, -0.2) is 4.39 Å². The first kappa shape index (κ1) is 11.7. The number of nitrogens with zero attached hydrogens (tertiary/aromatic N) is 1. The third-order valence-electron chi connectivity index (χ3n) is 2.88. The molecule has 88 valence electrons. The number of aryl methyl sites for hydroxylation is 1. The van der Waals surface area contributed by atoms with Crippen molar-refractivity contribution in [2.45, 2.75) is 19.4 Å². The summed E-state index contributed by atoms with van der Waals surface area (Å²) in [5.74, 6) is -0.313. The Labute approximate surface area is 99.8 Å². The lowest BCUT2D eigenvalue weighted by atomic mass is 9.89. The van der Waals surface area contributed by atoms with Crippen molar-refractivity contribution < 1.29 is 9.50 Å². The van der Waals surface area contributed by atoms with Gasteiger partial charge in [-0.15, -0.1) is 0 Å². The summed E-state index contributed by atoms with van der Waals surface area (Å²) < 4.78 is 12.8. The van der Waals surface area contributed by atoms with Gasteiger partial charge in [0.25, 0.3) is 0 Å². The van der Waals surface area contributed by atoms with Crippen LogP contribution in [0.5, 0.6) is 0 Å². The van der Waals surface area contributed by atoms with Crippen LogP contribution in [0.1, 0.15) is 23.7 Å². The van der Waals surface area contributed by atoms with Crippen molar-refractivity contribution >= 4 is 0 Å².